The molecule has 1 unspecified atom stereocenters. The van der Waals surface area contributed by atoms with Gasteiger partial charge in [0.15, 0.2) is 0 Å². The van der Waals surface area contributed by atoms with E-state index in [0.717, 1.165) is 28.6 Å². The molecule has 0 amide bonds. The number of hydrogen-bond acceptors (Lipinski definition) is 2. The minimum absolute atomic E-state index is 0.131. The Morgan fingerprint density at radius 1 is 0.962 bits per heavy atom. The van der Waals surface area contributed by atoms with Gasteiger partial charge in [-0.05, 0) is 41.5 Å². The molecule has 3 rings (SSSR count). The highest BCUT2D eigenvalue weighted by atomic mass is 79.9. The normalized spacial score (nSPS) is 12.5. The molecule has 3 nitrogen and oxygen atoms in total. The Labute approximate surface area is 176 Å². The van der Waals surface area contributed by atoms with E-state index >= 15 is 0 Å². The van der Waals surface area contributed by atoms with Gasteiger partial charge in [0.25, 0.3) is 0 Å². The number of rotatable bonds is 8. The predicted molar refractivity (Wildman–Crippen MR) is 114 cm³/mol. The van der Waals surface area contributed by atoms with Gasteiger partial charge >= 0.3 is 0 Å². The number of hydrogen-bond donors (Lipinski definition) is 0. The SMILES string of the molecule is ClCC(CN(Cc1cccc(Br)c1)Cc1cccc(Br)c1)n1cccn1. The molecule has 1 heterocycles. The molecule has 26 heavy (non-hydrogen) atoms. The summed E-state index contributed by atoms with van der Waals surface area (Å²) in [5, 5.41) is 4.37. The smallest absolute Gasteiger partial charge is 0.0781 e. The molecule has 136 valence electrons. The highest BCUT2D eigenvalue weighted by Crippen LogP contribution is 2.20. The van der Waals surface area contributed by atoms with E-state index in [-0.39, 0.29) is 6.04 Å². The number of aromatic nitrogens is 2. The third-order valence-electron chi connectivity index (χ3n) is 4.14. The summed E-state index contributed by atoms with van der Waals surface area (Å²) in [6, 6.07) is 18.9. The third-order valence-corrected chi connectivity index (χ3v) is 5.48. The average Bonchev–Trinajstić information content (AvgIpc) is 3.14. The van der Waals surface area contributed by atoms with Crippen molar-refractivity contribution in [2.24, 2.45) is 0 Å². The maximum Gasteiger partial charge on any atom is 0.0781 e. The van der Waals surface area contributed by atoms with Gasteiger partial charge in [-0.2, -0.15) is 5.10 Å². The van der Waals surface area contributed by atoms with Gasteiger partial charge in [-0.15, -0.1) is 11.6 Å². The van der Waals surface area contributed by atoms with Crippen molar-refractivity contribution in [2.75, 3.05) is 12.4 Å². The molecule has 0 saturated heterocycles. The van der Waals surface area contributed by atoms with Crippen LogP contribution >= 0.6 is 43.5 Å². The van der Waals surface area contributed by atoms with Gasteiger partial charge in [0, 0.05) is 46.9 Å². The van der Waals surface area contributed by atoms with Crippen LogP contribution in [0.4, 0.5) is 0 Å². The first-order chi connectivity index (χ1) is 12.6. The minimum atomic E-state index is 0.131. The van der Waals surface area contributed by atoms with Crippen LogP contribution in [0.2, 0.25) is 0 Å². The van der Waals surface area contributed by atoms with Crippen LogP contribution in [0.1, 0.15) is 17.2 Å². The van der Waals surface area contributed by atoms with Gasteiger partial charge in [-0.25, -0.2) is 0 Å². The van der Waals surface area contributed by atoms with Crippen molar-refractivity contribution < 1.29 is 0 Å². The Morgan fingerprint density at radius 2 is 1.58 bits per heavy atom. The molecule has 0 fully saturated rings. The predicted octanol–water partition coefficient (Wildman–Crippen LogP) is 5.89. The zero-order chi connectivity index (χ0) is 18.4. The Kier molecular flexibility index (Phi) is 7.32. The Morgan fingerprint density at radius 3 is 2.04 bits per heavy atom. The molecule has 0 aliphatic heterocycles. The number of nitrogens with zero attached hydrogens (tertiary/aromatic N) is 3. The van der Waals surface area contributed by atoms with Crippen LogP contribution in [0.15, 0.2) is 75.9 Å². The van der Waals surface area contributed by atoms with E-state index in [0.29, 0.717) is 5.88 Å². The van der Waals surface area contributed by atoms with Crippen molar-refractivity contribution in [1.82, 2.24) is 14.7 Å². The lowest BCUT2D eigenvalue weighted by molar-refractivity contribution is 0.217. The van der Waals surface area contributed by atoms with Crippen LogP contribution in [0, 0.1) is 0 Å². The lowest BCUT2D eigenvalue weighted by Gasteiger charge is -2.27. The topological polar surface area (TPSA) is 21.1 Å². The fourth-order valence-corrected chi connectivity index (χ4v) is 4.10. The summed E-state index contributed by atoms with van der Waals surface area (Å²) in [4.78, 5) is 2.41. The molecule has 2 aromatic carbocycles. The largest absolute Gasteiger partial charge is 0.293 e. The van der Waals surface area contributed by atoms with Crippen molar-refractivity contribution in [3.05, 3.63) is 87.1 Å². The second-order valence-corrected chi connectivity index (χ2v) is 8.36. The monoisotopic (exact) mass is 495 g/mol. The van der Waals surface area contributed by atoms with Crippen molar-refractivity contribution in [2.45, 2.75) is 19.1 Å². The molecule has 0 bridgehead atoms. The molecule has 3 aromatic rings. The summed E-state index contributed by atoms with van der Waals surface area (Å²) < 4.78 is 4.14. The summed E-state index contributed by atoms with van der Waals surface area (Å²) >= 11 is 13.4. The first-order valence-corrected chi connectivity index (χ1v) is 10.5. The van der Waals surface area contributed by atoms with E-state index in [1.807, 2.05) is 29.1 Å². The maximum atomic E-state index is 6.26. The Bertz CT molecular complexity index is 776. The second-order valence-electron chi connectivity index (χ2n) is 6.22. The average molecular weight is 498 g/mol. The van der Waals surface area contributed by atoms with Gasteiger partial charge in [0.1, 0.15) is 0 Å². The number of benzene rings is 2. The fraction of sp³-hybridized carbons (Fsp3) is 0.250. The molecule has 0 N–H and O–H groups in total. The number of alkyl halides is 1. The van der Waals surface area contributed by atoms with E-state index < -0.39 is 0 Å². The molecule has 0 spiro atoms. The van der Waals surface area contributed by atoms with Crippen molar-refractivity contribution in [3.8, 4) is 0 Å². The molecule has 0 aliphatic carbocycles. The third kappa shape index (κ3) is 5.68. The maximum absolute atomic E-state index is 6.26. The molecule has 0 saturated carbocycles. The van der Waals surface area contributed by atoms with Crippen LogP contribution in [0.3, 0.4) is 0 Å². The van der Waals surface area contributed by atoms with E-state index in [9.17, 15) is 0 Å². The summed E-state index contributed by atoms with van der Waals surface area (Å²) in [5.41, 5.74) is 2.53. The van der Waals surface area contributed by atoms with Gasteiger partial charge in [0.05, 0.1) is 6.04 Å². The molecule has 0 radical (unpaired) electrons. The lowest BCUT2D eigenvalue weighted by atomic mass is 10.1. The minimum Gasteiger partial charge on any atom is -0.293 e. The highest BCUT2D eigenvalue weighted by Gasteiger charge is 2.17. The molecular formula is C20H20Br2ClN3. The zero-order valence-electron chi connectivity index (χ0n) is 14.2. The summed E-state index contributed by atoms with van der Waals surface area (Å²) in [7, 11) is 0. The van der Waals surface area contributed by atoms with Crippen LogP contribution in [-0.2, 0) is 13.1 Å². The van der Waals surface area contributed by atoms with Gasteiger partial charge in [-0.3, -0.25) is 9.58 Å². The van der Waals surface area contributed by atoms with Crippen LogP contribution in [0.25, 0.3) is 0 Å². The van der Waals surface area contributed by atoms with E-state index in [1.54, 1.807) is 6.20 Å². The Hall–Kier alpha value is -1.14. The lowest BCUT2D eigenvalue weighted by Crippen LogP contribution is -2.31. The molecular weight excluding hydrogens is 478 g/mol. The highest BCUT2D eigenvalue weighted by molar-refractivity contribution is 9.10. The summed E-state index contributed by atoms with van der Waals surface area (Å²) in [6.07, 6.45) is 3.77. The van der Waals surface area contributed by atoms with Crippen LogP contribution in [-0.4, -0.2) is 27.1 Å². The summed E-state index contributed by atoms with van der Waals surface area (Å²) in [6.45, 7) is 2.52. The molecule has 1 aromatic heterocycles. The number of halogens is 3. The second kappa shape index (κ2) is 9.70. The van der Waals surface area contributed by atoms with E-state index in [4.69, 9.17) is 11.6 Å². The molecule has 6 heteroatoms. The first kappa shape index (κ1) is 19.6. The van der Waals surface area contributed by atoms with Crippen molar-refractivity contribution in [1.29, 1.82) is 0 Å². The molecule has 0 aliphatic rings. The van der Waals surface area contributed by atoms with E-state index in [1.165, 1.54) is 11.1 Å². The van der Waals surface area contributed by atoms with Crippen molar-refractivity contribution in [3.63, 3.8) is 0 Å². The van der Waals surface area contributed by atoms with E-state index in [2.05, 4.69) is 78.3 Å². The van der Waals surface area contributed by atoms with Crippen LogP contribution in [0.5, 0.6) is 0 Å². The quantitative estimate of drug-likeness (QED) is 0.362. The zero-order valence-corrected chi connectivity index (χ0v) is 18.2. The molecule has 1 atom stereocenters. The fourth-order valence-electron chi connectivity index (χ4n) is 2.97. The van der Waals surface area contributed by atoms with Crippen LogP contribution < -0.4 is 0 Å². The van der Waals surface area contributed by atoms with Gasteiger partial charge < -0.3 is 0 Å². The standard InChI is InChI=1S/C20H20Br2ClN3/c21-18-6-1-4-16(10-18)13-25(14-17-5-2-7-19(22)11-17)15-20(12-23)26-9-3-8-24-26/h1-11,20H,12-15H2. The van der Waals surface area contributed by atoms with Gasteiger partial charge in [-0.1, -0.05) is 56.1 Å². The Balaban J connectivity index is 1.80. The first-order valence-electron chi connectivity index (χ1n) is 8.40. The van der Waals surface area contributed by atoms with Crippen molar-refractivity contribution >= 4 is 43.5 Å². The summed E-state index contributed by atoms with van der Waals surface area (Å²) in [5.74, 6) is 0.523. The van der Waals surface area contributed by atoms with Gasteiger partial charge in [0.2, 0.25) is 0 Å².